The van der Waals surface area contributed by atoms with Crippen molar-refractivity contribution in [3.8, 4) is 0 Å². The zero-order valence-corrected chi connectivity index (χ0v) is 14.9. The van der Waals surface area contributed by atoms with E-state index in [9.17, 15) is 4.79 Å². The third kappa shape index (κ3) is 3.77. The number of rotatable bonds is 6. The number of H-pyrrole nitrogens is 1. The second-order valence-corrected chi connectivity index (χ2v) is 6.97. The molecule has 0 radical (unpaired) electrons. The van der Waals surface area contributed by atoms with Gasteiger partial charge >= 0.3 is 0 Å². The van der Waals surface area contributed by atoms with E-state index in [1.54, 1.807) is 6.20 Å². The molecule has 26 heavy (non-hydrogen) atoms. The molecule has 1 aliphatic heterocycles. The summed E-state index contributed by atoms with van der Waals surface area (Å²) in [5.74, 6) is 1.08. The van der Waals surface area contributed by atoms with Gasteiger partial charge in [-0.2, -0.15) is 0 Å². The van der Waals surface area contributed by atoms with Crippen LogP contribution in [-0.2, 0) is 17.6 Å². The van der Waals surface area contributed by atoms with Gasteiger partial charge in [0.2, 0.25) is 5.91 Å². The van der Waals surface area contributed by atoms with Gasteiger partial charge < -0.3 is 9.88 Å². The largest absolute Gasteiger partial charge is 0.341 e. The molecule has 0 unspecified atom stereocenters. The Hall–Kier alpha value is -2.69. The number of nitrogens with zero attached hydrogens (tertiary/aromatic N) is 3. The molecule has 1 aromatic carbocycles. The summed E-state index contributed by atoms with van der Waals surface area (Å²) in [6, 6.07) is 14.7. The molecule has 3 heterocycles. The summed E-state index contributed by atoms with van der Waals surface area (Å²) in [5.41, 5.74) is 3.00. The van der Waals surface area contributed by atoms with E-state index in [2.05, 4.69) is 44.1 Å². The molecule has 2 aromatic heterocycles. The fourth-order valence-corrected chi connectivity index (χ4v) is 3.82. The van der Waals surface area contributed by atoms with E-state index in [4.69, 9.17) is 0 Å². The number of aromatic nitrogens is 3. The average Bonchev–Trinajstić information content (AvgIpc) is 3.31. The van der Waals surface area contributed by atoms with Crippen molar-refractivity contribution in [1.29, 1.82) is 0 Å². The molecule has 134 valence electrons. The quantitative estimate of drug-likeness (QED) is 0.741. The zero-order chi connectivity index (χ0) is 17.8. The van der Waals surface area contributed by atoms with E-state index >= 15 is 0 Å². The Morgan fingerprint density at radius 2 is 2.04 bits per heavy atom. The summed E-state index contributed by atoms with van der Waals surface area (Å²) >= 11 is 0. The first-order chi connectivity index (χ1) is 12.8. The van der Waals surface area contributed by atoms with Crippen LogP contribution in [0.2, 0.25) is 0 Å². The minimum absolute atomic E-state index is 0.244. The van der Waals surface area contributed by atoms with Gasteiger partial charge in [0.1, 0.15) is 5.82 Å². The molecule has 1 fully saturated rings. The Bertz CT molecular complexity index is 841. The fourth-order valence-electron chi connectivity index (χ4n) is 3.82. The van der Waals surface area contributed by atoms with Gasteiger partial charge in [-0.25, -0.2) is 9.97 Å². The van der Waals surface area contributed by atoms with E-state index in [1.807, 2.05) is 18.2 Å². The molecule has 0 spiro atoms. The Morgan fingerprint density at radius 1 is 1.15 bits per heavy atom. The average molecular weight is 348 g/mol. The lowest BCUT2D eigenvalue weighted by molar-refractivity contribution is -0.132. The summed E-state index contributed by atoms with van der Waals surface area (Å²) in [6.45, 7) is 0.889. The highest BCUT2D eigenvalue weighted by atomic mass is 16.2. The number of pyridine rings is 1. The van der Waals surface area contributed by atoms with Crippen LogP contribution in [0.1, 0.15) is 37.1 Å². The molecule has 1 amide bonds. The monoisotopic (exact) mass is 348 g/mol. The molecule has 1 aliphatic rings. The minimum Gasteiger partial charge on any atom is -0.341 e. The maximum Gasteiger partial charge on any atom is 0.223 e. The number of carbonyl (C=O) groups excluding carboxylic acids is 1. The Balaban J connectivity index is 1.32. The summed E-state index contributed by atoms with van der Waals surface area (Å²) in [5, 5.41) is 0. The van der Waals surface area contributed by atoms with E-state index in [1.165, 1.54) is 5.56 Å². The molecule has 5 heteroatoms. The van der Waals surface area contributed by atoms with Crippen molar-refractivity contribution in [3.05, 3.63) is 60.0 Å². The molecule has 0 bridgehead atoms. The number of likely N-dealkylation sites (tertiary alicyclic amines) is 1. The van der Waals surface area contributed by atoms with Crippen LogP contribution in [0.5, 0.6) is 0 Å². The van der Waals surface area contributed by atoms with Gasteiger partial charge in [0.25, 0.3) is 0 Å². The van der Waals surface area contributed by atoms with Crippen molar-refractivity contribution < 1.29 is 4.79 Å². The van der Waals surface area contributed by atoms with Crippen LogP contribution >= 0.6 is 0 Å². The first kappa shape index (κ1) is 16.8. The summed E-state index contributed by atoms with van der Waals surface area (Å²) in [6.07, 6.45) is 7.18. The molecular formula is C21H24N4O. The lowest BCUT2D eigenvalue weighted by atomic mass is 10.0. The second kappa shape index (κ2) is 7.68. The fraction of sp³-hybridized carbons (Fsp3) is 0.381. The van der Waals surface area contributed by atoms with Crippen molar-refractivity contribution in [2.24, 2.45) is 0 Å². The number of hydrogen-bond acceptors (Lipinski definition) is 3. The molecule has 0 aliphatic carbocycles. The van der Waals surface area contributed by atoms with Gasteiger partial charge in [-0.15, -0.1) is 0 Å². The van der Waals surface area contributed by atoms with Crippen LogP contribution in [0.4, 0.5) is 0 Å². The maximum atomic E-state index is 12.7. The molecular weight excluding hydrogens is 324 g/mol. The number of aromatic amines is 1. The Labute approximate surface area is 153 Å². The Kier molecular flexibility index (Phi) is 4.95. The van der Waals surface area contributed by atoms with E-state index in [-0.39, 0.29) is 5.91 Å². The number of hydrogen-bond donors (Lipinski definition) is 1. The van der Waals surface area contributed by atoms with Crippen molar-refractivity contribution >= 4 is 17.1 Å². The molecule has 0 saturated carbocycles. The standard InChI is InChI=1S/C21H24N4O/c26-20(13-12-19-23-18-9-4-14-22-21(18)24-19)25-15-5-8-17(25)11-10-16-6-2-1-3-7-16/h1-4,6-7,9,14,17H,5,8,10-13,15H2,(H,22,23,24)/t17-/m1/s1. The molecule has 1 saturated heterocycles. The molecule has 5 nitrogen and oxygen atoms in total. The topological polar surface area (TPSA) is 61.9 Å². The summed E-state index contributed by atoms with van der Waals surface area (Å²) in [7, 11) is 0. The van der Waals surface area contributed by atoms with Crippen molar-refractivity contribution in [3.63, 3.8) is 0 Å². The number of benzene rings is 1. The first-order valence-electron chi connectivity index (χ1n) is 9.42. The van der Waals surface area contributed by atoms with Gasteiger partial charge in [0, 0.05) is 31.6 Å². The van der Waals surface area contributed by atoms with E-state index < -0.39 is 0 Å². The molecule has 1 N–H and O–H groups in total. The molecule has 4 rings (SSSR count). The lowest BCUT2D eigenvalue weighted by Gasteiger charge is -2.24. The summed E-state index contributed by atoms with van der Waals surface area (Å²) in [4.78, 5) is 26.8. The third-order valence-corrected chi connectivity index (χ3v) is 5.19. The third-order valence-electron chi connectivity index (χ3n) is 5.19. The highest BCUT2D eigenvalue weighted by molar-refractivity contribution is 5.77. The van der Waals surface area contributed by atoms with Crippen LogP contribution < -0.4 is 0 Å². The van der Waals surface area contributed by atoms with Gasteiger partial charge in [-0.05, 0) is 43.4 Å². The number of imidazole rings is 1. The van der Waals surface area contributed by atoms with Gasteiger partial charge in [0.05, 0.1) is 5.52 Å². The molecule has 1 atom stereocenters. The zero-order valence-electron chi connectivity index (χ0n) is 14.9. The SMILES string of the molecule is O=C(CCc1nc2ncccc2[nH]1)N1CCC[C@@H]1CCc1ccccc1. The smallest absolute Gasteiger partial charge is 0.223 e. The maximum absolute atomic E-state index is 12.7. The highest BCUT2D eigenvalue weighted by Crippen LogP contribution is 2.23. The predicted octanol–water partition coefficient (Wildman–Crippen LogP) is 3.51. The van der Waals surface area contributed by atoms with Crippen molar-refractivity contribution in [2.45, 2.75) is 44.6 Å². The van der Waals surface area contributed by atoms with Crippen LogP contribution in [0, 0.1) is 0 Å². The lowest BCUT2D eigenvalue weighted by Crippen LogP contribution is -2.36. The van der Waals surface area contributed by atoms with Gasteiger partial charge in [0.15, 0.2) is 5.65 Å². The first-order valence-corrected chi connectivity index (χ1v) is 9.42. The Morgan fingerprint density at radius 3 is 2.88 bits per heavy atom. The number of aryl methyl sites for hydroxylation is 2. The van der Waals surface area contributed by atoms with Gasteiger partial charge in [-0.3, -0.25) is 4.79 Å². The molecule has 3 aromatic rings. The highest BCUT2D eigenvalue weighted by Gasteiger charge is 2.28. The number of carbonyl (C=O) groups is 1. The normalized spacial score (nSPS) is 17.1. The number of nitrogens with one attached hydrogen (secondary N) is 1. The van der Waals surface area contributed by atoms with E-state index in [0.29, 0.717) is 18.9 Å². The number of amides is 1. The van der Waals surface area contributed by atoms with Crippen LogP contribution in [-0.4, -0.2) is 38.3 Å². The second-order valence-electron chi connectivity index (χ2n) is 6.97. The number of fused-ring (bicyclic) bond motifs is 1. The minimum atomic E-state index is 0.244. The van der Waals surface area contributed by atoms with Crippen LogP contribution in [0.15, 0.2) is 48.7 Å². The predicted molar refractivity (Wildman–Crippen MR) is 102 cm³/mol. The van der Waals surface area contributed by atoms with Crippen molar-refractivity contribution in [2.75, 3.05) is 6.54 Å². The summed E-state index contributed by atoms with van der Waals surface area (Å²) < 4.78 is 0. The van der Waals surface area contributed by atoms with E-state index in [0.717, 1.165) is 49.2 Å². The van der Waals surface area contributed by atoms with Crippen LogP contribution in [0.3, 0.4) is 0 Å². The van der Waals surface area contributed by atoms with Crippen molar-refractivity contribution in [1.82, 2.24) is 19.9 Å². The van der Waals surface area contributed by atoms with Crippen LogP contribution in [0.25, 0.3) is 11.2 Å². The van der Waals surface area contributed by atoms with Gasteiger partial charge in [-0.1, -0.05) is 30.3 Å².